The van der Waals surface area contributed by atoms with Gasteiger partial charge in [0, 0.05) is 19.2 Å². The quantitative estimate of drug-likeness (QED) is 0.456. The number of rotatable bonds is 4. The highest BCUT2D eigenvalue weighted by Gasteiger charge is 1.93. The molecule has 5 N–H and O–H groups in total. The number of primary amides is 1. The minimum atomic E-state index is -0.573. The monoisotopic (exact) mass is 197 g/mol. The molecule has 0 aliphatic heterocycles. The molecule has 1 heterocycles. The summed E-state index contributed by atoms with van der Waals surface area (Å²) in [6, 6.07) is 0.799. The molecule has 0 aromatic carbocycles. The minimum absolute atomic E-state index is 0.280. The number of urea groups is 1. The van der Waals surface area contributed by atoms with Crippen molar-refractivity contribution in [3.8, 4) is 0 Å². The number of hydrogen-bond acceptors (Lipinski definition) is 4. The lowest BCUT2D eigenvalue weighted by Gasteiger charge is -2.04. The van der Waals surface area contributed by atoms with Crippen molar-refractivity contribution in [3.63, 3.8) is 0 Å². The zero-order valence-corrected chi connectivity index (χ0v) is 7.41. The largest absolute Gasteiger partial charge is 0.382 e. The Kier molecular flexibility index (Phi) is 3.48. The predicted molar refractivity (Wildman–Crippen MR) is 50.9 cm³/mol. The van der Waals surface area contributed by atoms with E-state index >= 15 is 0 Å². The van der Waals surface area contributed by atoms with Gasteiger partial charge in [-0.2, -0.15) is 5.10 Å². The number of hydrogen-bond donors (Lipinski definition) is 4. The van der Waals surface area contributed by atoms with Gasteiger partial charge in [0.2, 0.25) is 0 Å². The van der Waals surface area contributed by atoms with Crippen LogP contribution in [0.3, 0.4) is 0 Å². The van der Waals surface area contributed by atoms with Crippen LogP contribution in [0.4, 0.5) is 10.5 Å². The van der Waals surface area contributed by atoms with Gasteiger partial charge in [0.1, 0.15) is 0 Å². The number of carbonyl (C=O) groups excluding carboxylic acids is 1. The van der Waals surface area contributed by atoms with E-state index in [0.717, 1.165) is 0 Å². The average molecular weight is 197 g/mol. The van der Waals surface area contributed by atoms with Crippen molar-refractivity contribution < 1.29 is 4.79 Å². The Bertz CT molecular complexity index is 361. The van der Waals surface area contributed by atoms with Crippen LogP contribution in [0, 0.1) is 0 Å². The second-order valence-corrected chi connectivity index (χ2v) is 2.55. The number of aromatic nitrogens is 2. The fraction of sp³-hybridized carbons (Fsp3) is 0.286. The second kappa shape index (κ2) is 4.85. The Morgan fingerprint density at radius 3 is 3.00 bits per heavy atom. The Labute approximate surface area is 79.7 Å². The fourth-order valence-electron chi connectivity index (χ4n) is 0.865. The maximum atomic E-state index is 10.8. The van der Waals surface area contributed by atoms with Gasteiger partial charge in [-0.1, -0.05) is 0 Å². The molecule has 2 amide bonds. The molecule has 7 heteroatoms. The van der Waals surface area contributed by atoms with E-state index in [4.69, 9.17) is 5.73 Å². The van der Waals surface area contributed by atoms with E-state index in [0.29, 0.717) is 18.8 Å². The van der Waals surface area contributed by atoms with E-state index in [9.17, 15) is 9.59 Å². The van der Waals surface area contributed by atoms with E-state index < -0.39 is 6.03 Å². The van der Waals surface area contributed by atoms with Gasteiger partial charge in [0.05, 0.1) is 11.9 Å². The number of nitrogens with one attached hydrogen (secondary N) is 3. The number of nitrogens with two attached hydrogens (primary N) is 1. The number of nitrogens with zero attached hydrogens (tertiary/aromatic N) is 1. The third-order valence-corrected chi connectivity index (χ3v) is 1.42. The van der Waals surface area contributed by atoms with Crippen molar-refractivity contribution in [2.24, 2.45) is 5.73 Å². The van der Waals surface area contributed by atoms with Crippen LogP contribution in [-0.2, 0) is 0 Å². The lowest BCUT2D eigenvalue weighted by atomic mass is 10.4. The maximum Gasteiger partial charge on any atom is 0.312 e. The first-order chi connectivity index (χ1) is 6.68. The molecular weight excluding hydrogens is 186 g/mol. The molecule has 0 fully saturated rings. The third kappa shape index (κ3) is 3.57. The molecular formula is C7H11N5O2. The average Bonchev–Trinajstić information content (AvgIpc) is 2.12. The van der Waals surface area contributed by atoms with Gasteiger partial charge in [-0.3, -0.25) is 4.79 Å². The summed E-state index contributed by atoms with van der Waals surface area (Å²) in [5.41, 5.74) is 5.17. The van der Waals surface area contributed by atoms with Gasteiger partial charge in [-0.05, 0) is 0 Å². The van der Waals surface area contributed by atoms with Crippen LogP contribution < -0.4 is 21.9 Å². The molecule has 0 saturated carbocycles. The van der Waals surface area contributed by atoms with Gasteiger partial charge in [-0.25, -0.2) is 9.89 Å². The highest BCUT2D eigenvalue weighted by Crippen LogP contribution is 1.95. The number of carbonyl (C=O) groups is 1. The third-order valence-electron chi connectivity index (χ3n) is 1.42. The van der Waals surface area contributed by atoms with E-state index in [1.807, 2.05) is 0 Å². The van der Waals surface area contributed by atoms with E-state index in [1.165, 1.54) is 12.3 Å². The molecule has 0 radical (unpaired) electrons. The van der Waals surface area contributed by atoms with Gasteiger partial charge >= 0.3 is 6.03 Å². The Balaban J connectivity index is 2.31. The van der Waals surface area contributed by atoms with Crippen LogP contribution in [-0.4, -0.2) is 29.3 Å². The zero-order chi connectivity index (χ0) is 10.4. The molecule has 14 heavy (non-hydrogen) atoms. The summed E-state index contributed by atoms with van der Waals surface area (Å²) >= 11 is 0. The summed E-state index contributed by atoms with van der Waals surface area (Å²) in [6.07, 6.45) is 1.48. The highest BCUT2D eigenvalue weighted by atomic mass is 16.2. The first-order valence-corrected chi connectivity index (χ1v) is 4.00. The van der Waals surface area contributed by atoms with Gasteiger partial charge in [0.25, 0.3) is 5.56 Å². The molecule has 0 saturated heterocycles. The Hall–Kier alpha value is -2.05. The van der Waals surface area contributed by atoms with Crippen molar-refractivity contribution in [1.82, 2.24) is 15.5 Å². The molecule has 0 atom stereocenters. The molecule has 1 aromatic heterocycles. The van der Waals surface area contributed by atoms with Crippen molar-refractivity contribution in [1.29, 1.82) is 0 Å². The molecule has 0 aliphatic rings. The molecule has 0 aliphatic carbocycles. The number of anilines is 1. The summed E-state index contributed by atoms with van der Waals surface area (Å²) in [4.78, 5) is 21.1. The predicted octanol–water partition coefficient (Wildman–Crippen LogP) is -1.15. The lowest BCUT2D eigenvalue weighted by Crippen LogP contribution is -2.33. The van der Waals surface area contributed by atoms with Crippen LogP contribution in [0.1, 0.15) is 0 Å². The molecule has 1 aromatic rings. The number of H-pyrrole nitrogens is 1. The molecule has 1 rings (SSSR count). The van der Waals surface area contributed by atoms with Crippen molar-refractivity contribution in [2.45, 2.75) is 0 Å². The summed E-state index contributed by atoms with van der Waals surface area (Å²) in [6.45, 7) is 0.871. The molecule has 0 bridgehead atoms. The number of amides is 2. The van der Waals surface area contributed by atoms with Crippen LogP contribution in [0.2, 0.25) is 0 Å². The SMILES string of the molecule is NC(=O)NCCNc1cn[nH]c(=O)c1. The van der Waals surface area contributed by atoms with Crippen LogP contribution in [0.15, 0.2) is 17.1 Å². The normalized spacial score (nSPS) is 9.43. The molecule has 76 valence electrons. The standard InChI is InChI=1S/C7H11N5O2/c8-7(14)10-2-1-9-5-3-6(13)12-11-4-5/h3-4H,1-2H2,(H3,8,10,14)(H2,9,12,13). The van der Waals surface area contributed by atoms with E-state index in [1.54, 1.807) is 0 Å². The van der Waals surface area contributed by atoms with Crippen molar-refractivity contribution in [3.05, 3.63) is 22.6 Å². The molecule has 7 nitrogen and oxygen atoms in total. The van der Waals surface area contributed by atoms with Crippen LogP contribution in [0.25, 0.3) is 0 Å². The first kappa shape index (κ1) is 10.0. The molecule has 0 spiro atoms. The van der Waals surface area contributed by atoms with Crippen molar-refractivity contribution in [2.75, 3.05) is 18.4 Å². The van der Waals surface area contributed by atoms with Crippen molar-refractivity contribution >= 4 is 11.7 Å². The first-order valence-electron chi connectivity index (χ1n) is 4.00. The minimum Gasteiger partial charge on any atom is -0.382 e. The topological polar surface area (TPSA) is 113 Å². The Morgan fingerprint density at radius 1 is 1.57 bits per heavy atom. The van der Waals surface area contributed by atoms with Gasteiger partial charge in [-0.15, -0.1) is 0 Å². The number of aromatic amines is 1. The Morgan fingerprint density at radius 2 is 2.36 bits per heavy atom. The van der Waals surface area contributed by atoms with Crippen LogP contribution >= 0.6 is 0 Å². The van der Waals surface area contributed by atoms with Gasteiger partial charge < -0.3 is 16.4 Å². The maximum absolute atomic E-state index is 10.8. The summed E-state index contributed by atoms with van der Waals surface area (Å²) in [5.74, 6) is 0. The summed E-state index contributed by atoms with van der Waals surface area (Å²) in [7, 11) is 0. The summed E-state index contributed by atoms with van der Waals surface area (Å²) in [5, 5.41) is 11.1. The van der Waals surface area contributed by atoms with E-state index in [-0.39, 0.29) is 5.56 Å². The molecule has 0 unspecified atom stereocenters. The zero-order valence-electron chi connectivity index (χ0n) is 7.41. The lowest BCUT2D eigenvalue weighted by molar-refractivity contribution is 0.249. The van der Waals surface area contributed by atoms with E-state index in [2.05, 4.69) is 20.8 Å². The highest BCUT2D eigenvalue weighted by molar-refractivity contribution is 5.71. The summed E-state index contributed by atoms with van der Waals surface area (Å²) < 4.78 is 0. The fourth-order valence-corrected chi connectivity index (χ4v) is 0.865. The second-order valence-electron chi connectivity index (χ2n) is 2.55. The smallest absolute Gasteiger partial charge is 0.312 e. The van der Waals surface area contributed by atoms with Gasteiger partial charge in [0.15, 0.2) is 0 Å². The van der Waals surface area contributed by atoms with Crippen LogP contribution in [0.5, 0.6) is 0 Å².